The Bertz CT molecular complexity index is 1450. The van der Waals surface area contributed by atoms with E-state index in [9.17, 15) is 9.59 Å². The van der Waals surface area contributed by atoms with Gasteiger partial charge in [0.2, 0.25) is 11.7 Å². The zero-order valence-corrected chi connectivity index (χ0v) is 22.2. The number of carbonyl (C=O) groups is 2. The van der Waals surface area contributed by atoms with Crippen molar-refractivity contribution < 1.29 is 32.6 Å². The van der Waals surface area contributed by atoms with Gasteiger partial charge in [-0.3, -0.25) is 9.59 Å². The zero-order valence-electron chi connectivity index (χ0n) is 22.2. The van der Waals surface area contributed by atoms with E-state index in [2.05, 4.69) is 27.5 Å². The van der Waals surface area contributed by atoms with Gasteiger partial charge in [0, 0.05) is 41.2 Å². The van der Waals surface area contributed by atoms with Crippen LogP contribution >= 0.6 is 0 Å². The molecule has 0 radical (unpaired) electrons. The fourth-order valence-corrected chi connectivity index (χ4v) is 4.78. The molecule has 210 valence electrons. The van der Waals surface area contributed by atoms with Crippen LogP contribution in [0.25, 0.3) is 10.8 Å². The van der Waals surface area contributed by atoms with Crippen LogP contribution in [0.1, 0.15) is 35.2 Å². The largest absolute Gasteiger partial charge is 0.494 e. The van der Waals surface area contributed by atoms with Crippen molar-refractivity contribution in [1.29, 1.82) is 0 Å². The average Bonchev–Trinajstić information content (AvgIpc) is 3.78. The van der Waals surface area contributed by atoms with Gasteiger partial charge in [-0.05, 0) is 37.5 Å². The van der Waals surface area contributed by atoms with Crippen molar-refractivity contribution >= 4 is 34.0 Å². The molecule has 3 aromatic rings. The molecule has 1 saturated carbocycles. The van der Waals surface area contributed by atoms with E-state index in [1.54, 1.807) is 18.3 Å². The average molecular weight is 553 g/mol. The summed E-state index contributed by atoms with van der Waals surface area (Å²) in [5, 5.41) is 11.0. The van der Waals surface area contributed by atoms with E-state index in [-0.39, 0.29) is 41.1 Å². The Balaban J connectivity index is 1.56. The Kier molecular flexibility index (Phi) is 7.83. The molecule has 1 saturated heterocycles. The van der Waals surface area contributed by atoms with Gasteiger partial charge in [-0.1, -0.05) is 12.6 Å². The fourth-order valence-electron chi connectivity index (χ4n) is 4.78. The van der Waals surface area contributed by atoms with Crippen molar-refractivity contribution in [3.8, 4) is 11.5 Å². The highest BCUT2D eigenvalue weighted by Gasteiger charge is 2.31. The van der Waals surface area contributed by atoms with Crippen LogP contribution < -0.4 is 25.4 Å². The van der Waals surface area contributed by atoms with Crippen LogP contribution in [0.2, 0.25) is 0 Å². The SMILES string of the molecule is C=CC(=O)NC1CCOCC1Nc1cc2c(NC3CC3)c(C(=O)c3c(F)c(OC)cc(OC)c3F)ccc2cn1. The first-order chi connectivity index (χ1) is 19.3. The second-order valence-electron chi connectivity index (χ2n) is 9.74. The Labute approximate surface area is 229 Å². The Morgan fingerprint density at radius 1 is 1.05 bits per heavy atom. The predicted octanol–water partition coefficient (Wildman–Crippen LogP) is 4.21. The van der Waals surface area contributed by atoms with Crippen molar-refractivity contribution in [2.75, 3.05) is 38.1 Å². The number of nitrogens with zero attached hydrogens (tertiary/aromatic N) is 1. The van der Waals surface area contributed by atoms with Gasteiger partial charge in [0.1, 0.15) is 11.4 Å². The molecule has 9 nitrogen and oxygen atoms in total. The molecule has 0 spiro atoms. The number of hydrogen-bond acceptors (Lipinski definition) is 8. The monoisotopic (exact) mass is 552 g/mol. The number of amides is 1. The Morgan fingerprint density at radius 3 is 2.42 bits per heavy atom. The maximum absolute atomic E-state index is 15.3. The van der Waals surface area contributed by atoms with Crippen molar-refractivity contribution in [2.24, 2.45) is 0 Å². The van der Waals surface area contributed by atoms with Gasteiger partial charge < -0.3 is 30.2 Å². The molecule has 2 fully saturated rings. The molecule has 11 heteroatoms. The molecule has 2 atom stereocenters. The summed E-state index contributed by atoms with van der Waals surface area (Å²) in [5.74, 6) is -3.46. The van der Waals surface area contributed by atoms with Crippen LogP contribution in [-0.4, -0.2) is 62.2 Å². The lowest BCUT2D eigenvalue weighted by Gasteiger charge is -2.32. The normalized spacial score (nSPS) is 18.6. The number of ether oxygens (including phenoxy) is 3. The maximum atomic E-state index is 15.3. The number of fused-ring (bicyclic) bond motifs is 1. The Morgan fingerprint density at radius 2 is 1.77 bits per heavy atom. The first-order valence-corrected chi connectivity index (χ1v) is 13.0. The van der Waals surface area contributed by atoms with Crippen LogP contribution in [0.15, 0.2) is 43.1 Å². The number of aromatic nitrogens is 1. The van der Waals surface area contributed by atoms with Crippen LogP contribution in [0, 0.1) is 11.6 Å². The number of carbonyl (C=O) groups excluding carboxylic acids is 2. The summed E-state index contributed by atoms with van der Waals surface area (Å²) in [7, 11) is 2.46. The third-order valence-corrected chi connectivity index (χ3v) is 7.08. The minimum Gasteiger partial charge on any atom is -0.494 e. The number of methoxy groups -OCH3 is 2. The number of benzene rings is 2. The summed E-state index contributed by atoms with van der Waals surface area (Å²) >= 11 is 0. The first-order valence-electron chi connectivity index (χ1n) is 13.0. The second kappa shape index (κ2) is 11.5. The number of nitrogens with one attached hydrogen (secondary N) is 3. The van der Waals surface area contributed by atoms with Crippen molar-refractivity contribution in [2.45, 2.75) is 37.4 Å². The quantitative estimate of drug-likeness (QED) is 0.254. The number of pyridine rings is 1. The lowest BCUT2D eigenvalue weighted by Crippen LogP contribution is -2.52. The smallest absolute Gasteiger partial charge is 0.243 e. The molecule has 5 rings (SSSR count). The van der Waals surface area contributed by atoms with Gasteiger partial charge >= 0.3 is 0 Å². The second-order valence-corrected chi connectivity index (χ2v) is 9.74. The number of anilines is 2. The standard InChI is InChI=1S/C29H30F2N4O5/c1-4-24(36)35-19-9-10-40-14-20(19)34-23-11-18-15(13-32-23)5-8-17(28(18)33-16-6-7-16)29(37)25-26(30)21(38-2)12-22(39-3)27(25)31/h4-5,8,11-13,16,19-20,33H,1,6-7,9-10,14H2,2-3H3,(H,32,34)(H,35,36). The zero-order chi connectivity index (χ0) is 28.4. The summed E-state index contributed by atoms with van der Waals surface area (Å²) in [4.78, 5) is 30.2. The van der Waals surface area contributed by atoms with Crippen molar-refractivity contribution in [3.63, 3.8) is 0 Å². The minimum absolute atomic E-state index is 0.0989. The van der Waals surface area contributed by atoms with Gasteiger partial charge in [0.15, 0.2) is 23.1 Å². The molecule has 2 unspecified atom stereocenters. The molecule has 2 aromatic carbocycles. The van der Waals surface area contributed by atoms with Crippen molar-refractivity contribution in [1.82, 2.24) is 10.3 Å². The summed E-state index contributed by atoms with van der Waals surface area (Å²) in [6.07, 6.45) is 5.29. The van der Waals surface area contributed by atoms with Gasteiger partial charge in [-0.2, -0.15) is 0 Å². The highest BCUT2D eigenvalue weighted by molar-refractivity contribution is 6.17. The van der Waals surface area contributed by atoms with Crippen LogP contribution in [0.5, 0.6) is 11.5 Å². The van der Waals surface area contributed by atoms with Crippen LogP contribution in [0.3, 0.4) is 0 Å². The number of rotatable bonds is 10. The van der Waals surface area contributed by atoms with Crippen molar-refractivity contribution in [3.05, 3.63) is 65.9 Å². The minimum atomic E-state index is -1.11. The van der Waals surface area contributed by atoms with Crippen LogP contribution in [0.4, 0.5) is 20.3 Å². The molecule has 0 bridgehead atoms. The van der Waals surface area contributed by atoms with Gasteiger partial charge in [0.25, 0.3) is 0 Å². The fraction of sp³-hybridized carbons (Fsp3) is 0.345. The highest BCUT2D eigenvalue weighted by atomic mass is 19.1. The summed E-state index contributed by atoms with van der Waals surface area (Å²) in [5.41, 5.74) is -0.212. The van der Waals surface area contributed by atoms with E-state index in [4.69, 9.17) is 14.2 Å². The molecule has 1 aromatic heterocycles. The third-order valence-electron chi connectivity index (χ3n) is 7.08. The third kappa shape index (κ3) is 5.42. The van der Waals surface area contributed by atoms with E-state index in [0.29, 0.717) is 36.5 Å². The molecule has 2 aliphatic rings. The lowest BCUT2D eigenvalue weighted by molar-refractivity contribution is -0.117. The molecule has 40 heavy (non-hydrogen) atoms. The van der Waals surface area contributed by atoms with E-state index in [1.165, 1.54) is 26.4 Å². The van der Waals surface area contributed by atoms with E-state index in [1.807, 2.05) is 0 Å². The Hall–Kier alpha value is -4.25. The topological polar surface area (TPSA) is 111 Å². The number of halogens is 2. The predicted molar refractivity (Wildman–Crippen MR) is 146 cm³/mol. The molecule has 1 aliphatic carbocycles. The molecular weight excluding hydrogens is 522 g/mol. The first kappa shape index (κ1) is 27.3. The van der Waals surface area contributed by atoms with E-state index >= 15 is 8.78 Å². The van der Waals surface area contributed by atoms with Gasteiger partial charge in [-0.25, -0.2) is 13.8 Å². The number of ketones is 1. The maximum Gasteiger partial charge on any atom is 0.243 e. The van der Waals surface area contributed by atoms with Gasteiger partial charge in [0.05, 0.1) is 38.6 Å². The molecule has 2 heterocycles. The molecule has 1 aliphatic heterocycles. The molecule has 3 N–H and O–H groups in total. The van der Waals surface area contributed by atoms with E-state index < -0.39 is 23.0 Å². The van der Waals surface area contributed by atoms with E-state index in [0.717, 1.165) is 24.3 Å². The summed E-state index contributed by atoms with van der Waals surface area (Å²) in [6.45, 7) is 4.37. The highest BCUT2D eigenvalue weighted by Crippen LogP contribution is 2.38. The molecular formula is C29H30F2N4O5. The van der Waals surface area contributed by atoms with Crippen LogP contribution in [-0.2, 0) is 9.53 Å². The number of hydrogen-bond donors (Lipinski definition) is 3. The molecule has 1 amide bonds. The lowest BCUT2D eigenvalue weighted by atomic mass is 9.96. The summed E-state index contributed by atoms with van der Waals surface area (Å²) in [6, 6.07) is 5.71. The van der Waals surface area contributed by atoms with Gasteiger partial charge in [-0.15, -0.1) is 0 Å². The summed E-state index contributed by atoms with van der Waals surface area (Å²) < 4.78 is 46.2.